The van der Waals surface area contributed by atoms with Gasteiger partial charge in [0.05, 0.1) is 26.0 Å². The largest absolute Gasteiger partial charge is 0.497 e. The molecular weight excluding hydrogens is 388 g/mol. The second kappa shape index (κ2) is 10.5. The molecule has 0 aliphatic rings. The van der Waals surface area contributed by atoms with Gasteiger partial charge in [0.25, 0.3) is 0 Å². The zero-order chi connectivity index (χ0) is 20.5. The van der Waals surface area contributed by atoms with Gasteiger partial charge in [-0.3, -0.25) is 4.79 Å². The second-order valence-electron chi connectivity index (χ2n) is 6.17. The minimum Gasteiger partial charge on any atom is -0.497 e. The maximum absolute atomic E-state index is 12.1. The molecule has 29 heavy (non-hydrogen) atoms. The SMILES string of the molecule is CCOc1ccc(-c2csc(NC(=O)CCCOc3ccc(OC)cc3)n2)cc1. The van der Waals surface area contributed by atoms with Gasteiger partial charge in [0.15, 0.2) is 5.13 Å². The lowest BCUT2D eigenvalue weighted by atomic mass is 10.2. The highest BCUT2D eigenvalue weighted by Gasteiger charge is 2.08. The van der Waals surface area contributed by atoms with Crippen molar-refractivity contribution in [2.45, 2.75) is 19.8 Å². The zero-order valence-corrected chi connectivity index (χ0v) is 17.3. The molecule has 1 aromatic heterocycles. The molecule has 3 rings (SSSR count). The third kappa shape index (κ3) is 6.22. The van der Waals surface area contributed by atoms with Gasteiger partial charge in [0.1, 0.15) is 17.2 Å². The fourth-order valence-electron chi connectivity index (χ4n) is 2.63. The molecule has 1 amide bonds. The monoisotopic (exact) mass is 412 g/mol. The van der Waals surface area contributed by atoms with Crippen LogP contribution < -0.4 is 19.5 Å². The van der Waals surface area contributed by atoms with Crippen molar-refractivity contribution in [1.82, 2.24) is 4.98 Å². The van der Waals surface area contributed by atoms with Gasteiger partial charge in [-0.2, -0.15) is 0 Å². The number of rotatable bonds is 10. The molecule has 0 aliphatic carbocycles. The van der Waals surface area contributed by atoms with Gasteiger partial charge < -0.3 is 19.5 Å². The molecule has 0 fully saturated rings. The van der Waals surface area contributed by atoms with Crippen molar-refractivity contribution in [1.29, 1.82) is 0 Å². The lowest BCUT2D eigenvalue weighted by Crippen LogP contribution is -2.12. The van der Waals surface area contributed by atoms with Crippen molar-refractivity contribution >= 4 is 22.4 Å². The first kappa shape index (κ1) is 20.7. The van der Waals surface area contributed by atoms with Gasteiger partial charge in [0, 0.05) is 17.4 Å². The average molecular weight is 413 g/mol. The molecule has 2 aromatic carbocycles. The fraction of sp³-hybridized carbons (Fsp3) is 0.273. The Bertz CT molecular complexity index is 907. The summed E-state index contributed by atoms with van der Waals surface area (Å²) in [4.78, 5) is 16.6. The van der Waals surface area contributed by atoms with Crippen molar-refractivity contribution in [2.75, 3.05) is 25.6 Å². The molecule has 0 bridgehead atoms. The molecule has 0 aliphatic heterocycles. The van der Waals surface area contributed by atoms with Crippen molar-refractivity contribution in [3.05, 3.63) is 53.9 Å². The first-order chi connectivity index (χ1) is 14.2. The number of hydrogen-bond acceptors (Lipinski definition) is 6. The molecule has 0 unspecified atom stereocenters. The van der Waals surface area contributed by atoms with Crippen LogP contribution >= 0.6 is 11.3 Å². The number of hydrogen-bond donors (Lipinski definition) is 1. The molecule has 6 nitrogen and oxygen atoms in total. The molecule has 1 N–H and O–H groups in total. The lowest BCUT2D eigenvalue weighted by Gasteiger charge is -2.07. The van der Waals surface area contributed by atoms with Gasteiger partial charge in [-0.15, -0.1) is 11.3 Å². The van der Waals surface area contributed by atoms with E-state index in [0.29, 0.717) is 31.2 Å². The minimum atomic E-state index is -0.0732. The number of nitrogens with one attached hydrogen (secondary N) is 1. The third-order valence-corrected chi connectivity index (χ3v) is 4.85. The van der Waals surface area contributed by atoms with E-state index < -0.39 is 0 Å². The maximum atomic E-state index is 12.1. The Kier molecular flexibility index (Phi) is 7.47. The van der Waals surface area contributed by atoms with Gasteiger partial charge in [0.2, 0.25) is 5.91 Å². The number of aromatic nitrogens is 1. The van der Waals surface area contributed by atoms with E-state index in [1.54, 1.807) is 7.11 Å². The molecule has 3 aromatic rings. The number of carbonyl (C=O) groups is 1. The zero-order valence-electron chi connectivity index (χ0n) is 16.5. The lowest BCUT2D eigenvalue weighted by molar-refractivity contribution is -0.116. The Labute approximate surface area is 174 Å². The quantitative estimate of drug-likeness (QED) is 0.474. The van der Waals surface area contributed by atoms with Crippen LogP contribution in [0.1, 0.15) is 19.8 Å². The number of amides is 1. The molecule has 0 saturated heterocycles. The molecule has 1 heterocycles. The molecule has 0 atom stereocenters. The summed E-state index contributed by atoms with van der Waals surface area (Å²) < 4.78 is 16.2. The van der Waals surface area contributed by atoms with E-state index in [1.807, 2.05) is 60.8 Å². The average Bonchev–Trinajstić information content (AvgIpc) is 3.21. The normalized spacial score (nSPS) is 10.4. The minimum absolute atomic E-state index is 0.0732. The highest BCUT2D eigenvalue weighted by atomic mass is 32.1. The molecule has 0 saturated carbocycles. The number of ether oxygens (including phenoxy) is 3. The van der Waals surface area contributed by atoms with Crippen LogP contribution in [0, 0.1) is 0 Å². The molecule has 7 heteroatoms. The fourth-order valence-corrected chi connectivity index (χ4v) is 3.36. The predicted molar refractivity (Wildman–Crippen MR) is 115 cm³/mol. The van der Waals surface area contributed by atoms with Crippen LogP contribution in [0.4, 0.5) is 5.13 Å². The summed E-state index contributed by atoms with van der Waals surface area (Å²) in [5.74, 6) is 2.30. The van der Waals surface area contributed by atoms with Crippen LogP contribution in [0.3, 0.4) is 0 Å². The third-order valence-electron chi connectivity index (χ3n) is 4.09. The van der Waals surface area contributed by atoms with Crippen LogP contribution in [0.2, 0.25) is 0 Å². The topological polar surface area (TPSA) is 69.7 Å². The Morgan fingerprint density at radius 3 is 2.34 bits per heavy atom. The Balaban J connectivity index is 1.42. The van der Waals surface area contributed by atoms with E-state index in [4.69, 9.17) is 14.2 Å². The van der Waals surface area contributed by atoms with Gasteiger partial charge in [-0.05, 0) is 61.9 Å². The van der Waals surface area contributed by atoms with Crippen LogP contribution in [-0.4, -0.2) is 31.2 Å². The van der Waals surface area contributed by atoms with E-state index in [2.05, 4.69) is 10.3 Å². The first-order valence-electron chi connectivity index (χ1n) is 9.43. The maximum Gasteiger partial charge on any atom is 0.226 e. The summed E-state index contributed by atoms with van der Waals surface area (Å²) in [5.41, 5.74) is 1.81. The van der Waals surface area contributed by atoms with Crippen molar-refractivity contribution in [3.8, 4) is 28.5 Å². The number of anilines is 1. The number of nitrogens with zero attached hydrogens (tertiary/aromatic N) is 1. The standard InChI is InChI=1S/C22H24N2O4S/c1-3-27-18-8-6-16(7-9-18)20-15-29-22(23-20)24-21(25)5-4-14-28-19-12-10-17(26-2)11-13-19/h6-13,15H,3-5,14H2,1-2H3,(H,23,24,25). The summed E-state index contributed by atoms with van der Waals surface area (Å²) >= 11 is 1.41. The summed E-state index contributed by atoms with van der Waals surface area (Å²) in [5, 5.41) is 5.37. The van der Waals surface area contributed by atoms with E-state index in [-0.39, 0.29) is 5.91 Å². The molecule has 0 spiro atoms. The predicted octanol–water partition coefficient (Wildman–Crippen LogP) is 5.02. The Morgan fingerprint density at radius 2 is 1.66 bits per heavy atom. The molecular formula is C22H24N2O4S. The summed E-state index contributed by atoms with van der Waals surface area (Å²) in [7, 11) is 1.62. The Morgan fingerprint density at radius 1 is 1.00 bits per heavy atom. The van der Waals surface area contributed by atoms with Gasteiger partial charge in [-0.25, -0.2) is 4.98 Å². The summed E-state index contributed by atoms with van der Waals surface area (Å²) in [6.07, 6.45) is 0.989. The first-order valence-corrected chi connectivity index (χ1v) is 10.3. The van der Waals surface area contributed by atoms with E-state index >= 15 is 0 Å². The van der Waals surface area contributed by atoms with E-state index in [1.165, 1.54) is 11.3 Å². The van der Waals surface area contributed by atoms with Crippen molar-refractivity contribution in [2.24, 2.45) is 0 Å². The molecule has 0 radical (unpaired) electrons. The number of carbonyl (C=O) groups excluding carboxylic acids is 1. The Hall–Kier alpha value is -3.06. The van der Waals surface area contributed by atoms with Crippen LogP contribution in [-0.2, 0) is 4.79 Å². The van der Waals surface area contributed by atoms with Crippen LogP contribution in [0.15, 0.2) is 53.9 Å². The van der Waals surface area contributed by atoms with Gasteiger partial charge >= 0.3 is 0 Å². The van der Waals surface area contributed by atoms with E-state index in [9.17, 15) is 4.79 Å². The number of thiazole rings is 1. The number of benzene rings is 2. The van der Waals surface area contributed by atoms with E-state index in [0.717, 1.165) is 28.5 Å². The van der Waals surface area contributed by atoms with Crippen LogP contribution in [0.25, 0.3) is 11.3 Å². The summed E-state index contributed by atoms with van der Waals surface area (Å²) in [6, 6.07) is 15.1. The van der Waals surface area contributed by atoms with Crippen molar-refractivity contribution < 1.29 is 19.0 Å². The highest BCUT2D eigenvalue weighted by Crippen LogP contribution is 2.26. The summed E-state index contributed by atoms with van der Waals surface area (Å²) in [6.45, 7) is 3.06. The molecule has 152 valence electrons. The van der Waals surface area contributed by atoms with Crippen LogP contribution in [0.5, 0.6) is 17.2 Å². The van der Waals surface area contributed by atoms with Crippen molar-refractivity contribution in [3.63, 3.8) is 0 Å². The number of methoxy groups -OCH3 is 1. The van der Waals surface area contributed by atoms with Gasteiger partial charge in [-0.1, -0.05) is 0 Å². The highest BCUT2D eigenvalue weighted by molar-refractivity contribution is 7.14. The second-order valence-corrected chi connectivity index (χ2v) is 7.03. The smallest absolute Gasteiger partial charge is 0.226 e.